The van der Waals surface area contributed by atoms with Gasteiger partial charge in [0.2, 0.25) is 17.7 Å². The number of H-pyrrole nitrogens is 1. The summed E-state index contributed by atoms with van der Waals surface area (Å²) in [6.07, 6.45) is 1.57. The van der Waals surface area contributed by atoms with Crippen LogP contribution in [0.4, 0.5) is 0 Å². The molecule has 1 aromatic heterocycles. The highest BCUT2D eigenvalue weighted by Crippen LogP contribution is 2.08. The van der Waals surface area contributed by atoms with Crippen molar-refractivity contribution < 1.29 is 29.4 Å². The summed E-state index contributed by atoms with van der Waals surface area (Å²) in [4.78, 5) is 57.1. The van der Waals surface area contributed by atoms with Crippen molar-refractivity contribution in [3.05, 3.63) is 54.1 Å². The van der Waals surface area contributed by atoms with Gasteiger partial charge >= 0.3 is 5.97 Å². The van der Waals surface area contributed by atoms with E-state index in [0.717, 1.165) is 5.56 Å². The van der Waals surface area contributed by atoms with Crippen molar-refractivity contribution in [1.29, 1.82) is 0 Å². The van der Waals surface area contributed by atoms with E-state index >= 15 is 0 Å². The van der Waals surface area contributed by atoms with Gasteiger partial charge in [0.15, 0.2) is 6.04 Å². The molecule has 196 valence electrons. The molecule has 0 spiro atoms. The fraction of sp³-hybridized carbons (Fsp3) is 0.458. The number of hydrogen-bond donors (Lipinski definition) is 7. The molecular formula is C24H34N6O6. The molecule has 0 aliphatic carbocycles. The molecule has 2 rings (SSSR count). The van der Waals surface area contributed by atoms with Crippen LogP contribution in [0, 0.1) is 5.92 Å². The van der Waals surface area contributed by atoms with E-state index in [-0.39, 0.29) is 18.8 Å². The fourth-order valence-corrected chi connectivity index (χ4v) is 3.37. The molecule has 0 saturated carbocycles. The second-order valence-electron chi connectivity index (χ2n) is 8.93. The van der Waals surface area contributed by atoms with Gasteiger partial charge in [0.1, 0.15) is 12.1 Å². The summed E-state index contributed by atoms with van der Waals surface area (Å²) < 4.78 is 0. The number of carbonyl (C=O) groups is 4. The smallest absolute Gasteiger partial charge is 0.328 e. The van der Waals surface area contributed by atoms with Crippen LogP contribution >= 0.6 is 0 Å². The summed E-state index contributed by atoms with van der Waals surface area (Å²) in [5.41, 5.74) is 7.23. The molecule has 3 amide bonds. The number of hydrogen-bond acceptors (Lipinski definition) is 7. The number of nitrogens with zero attached hydrogens (tertiary/aromatic N) is 1. The number of aromatic amines is 1. The number of imidazole rings is 1. The summed E-state index contributed by atoms with van der Waals surface area (Å²) in [7, 11) is 0. The average molecular weight is 503 g/mol. The molecule has 0 radical (unpaired) electrons. The normalized spacial score (nSPS) is 15.3. The minimum absolute atomic E-state index is 0.0404. The van der Waals surface area contributed by atoms with Gasteiger partial charge in [-0.05, 0) is 18.4 Å². The largest absolute Gasteiger partial charge is 0.480 e. The van der Waals surface area contributed by atoms with Crippen LogP contribution in [0.1, 0.15) is 32.0 Å². The zero-order valence-electron chi connectivity index (χ0n) is 20.5. The van der Waals surface area contributed by atoms with Crippen molar-refractivity contribution in [2.75, 3.05) is 0 Å². The monoisotopic (exact) mass is 502 g/mol. The first-order chi connectivity index (χ1) is 17.0. The number of amides is 3. The lowest BCUT2D eigenvalue weighted by molar-refractivity contribution is -0.145. The Morgan fingerprint density at radius 3 is 2.06 bits per heavy atom. The number of nitrogens with two attached hydrogens (primary N) is 1. The molecule has 1 aromatic carbocycles. The molecule has 0 bridgehead atoms. The first kappa shape index (κ1) is 28.5. The third kappa shape index (κ3) is 8.47. The Balaban J connectivity index is 2.28. The number of carboxylic acids is 1. The van der Waals surface area contributed by atoms with Gasteiger partial charge in [0.25, 0.3) is 0 Å². The van der Waals surface area contributed by atoms with Crippen LogP contribution in [0.2, 0.25) is 0 Å². The van der Waals surface area contributed by atoms with E-state index in [2.05, 4.69) is 25.9 Å². The summed E-state index contributed by atoms with van der Waals surface area (Å²) >= 11 is 0. The van der Waals surface area contributed by atoms with Crippen LogP contribution < -0.4 is 21.7 Å². The lowest BCUT2D eigenvalue weighted by Crippen LogP contribution is -2.59. The van der Waals surface area contributed by atoms with Crippen LogP contribution in [0.15, 0.2) is 42.9 Å². The number of carbonyl (C=O) groups excluding carboxylic acids is 3. The number of benzene rings is 1. The number of aromatic nitrogens is 2. The van der Waals surface area contributed by atoms with E-state index < -0.39 is 54.0 Å². The molecule has 0 fully saturated rings. The fourth-order valence-electron chi connectivity index (χ4n) is 3.37. The Labute approximate surface area is 209 Å². The van der Waals surface area contributed by atoms with Gasteiger partial charge in [-0.1, -0.05) is 44.2 Å². The maximum absolute atomic E-state index is 13.3. The first-order valence-electron chi connectivity index (χ1n) is 11.6. The maximum Gasteiger partial charge on any atom is 0.328 e. The van der Waals surface area contributed by atoms with Crippen molar-refractivity contribution in [2.45, 2.75) is 63.9 Å². The lowest BCUT2D eigenvalue weighted by atomic mass is 10.0. The topological polar surface area (TPSA) is 200 Å². The summed E-state index contributed by atoms with van der Waals surface area (Å²) in [6, 6.07) is 4.28. The van der Waals surface area contributed by atoms with Gasteiger partial charge in [-0.15, -0.1) is 0 Å². The predicted octanol–water partition coefficient (Wildman–Crippen LogP) is -0.902. The SMILES string of the molecule is CC(C)C(N)C(=O)NC(Cc1ccccc1)C(=O)NC(Cc1cnc[nH]1)C(=O)NC(C(=O)O)C(C)O. The Morgan fingerprint density at radius 2 is 1.53 bits per heavy atom. The second kappa shape index (κ2) is 13.4. The van der Waals surface area contributed by atoms with Gasteiger partial charge in [0.05, 0.1) is 18.5 Å². The van der Waals surface area contributed by atoms with Crippen LogP contribution in [-0.2, 0) is 32.0 Å². The zero-order valence-corrected chi connectivity index (χ0v) is 20.5. The summed E-state index contributed by atoms with van der Waals surface area (Å²) in [5, 5.41) is 26.6. The maximum atomic E-state index is 13.3. The van der Waals surface area contributed by atoms with E-state index in [9.17, 15) is 29.4 Å². The summed E-state index contributed by atoms with van der Waals surface area (Å²) in [5.74, 6) is -3.60. The number of aliphatic hydroxyl groups excluding tert-OH is 1. The van der Waals surface area contributed by atoms with E-state index in [4.69, 9.17) is 5.73 Å². The highest BCUT2D eigenvalue weighted by molar-refractivity contribution is 5.94. The van der Waals surface area contributed by atoms with Crippen molar-refractivity contribution in [3.8, 4) is 0 Å². The van der Waals surface area contributed by atoms with Crippen molar-refractivity contribution in [1.82, 2.24) is 25.9 Å². The van der Waals surface area contributed by atoms with Gasteiger partial charge in [0, 0.05) is 24.7 Å². The Bertz CT molecular complexity index is 1010. The zero-order chi connectivity index (χ0) is 26.8. The predicted molar refractivity (Wildman–Crippen MR) is 130 cm³/mol. The second-order valence-corrected chi connectivity index (χ2v) is 8.93. The molecule has 12 nitrogen and oxygen atoms in total. The Morgan fingerprint density at radius 1 is 0.944 bits per heavy atom. The molecule has 0 aliphatic heterocycles. The van der Waals surface area contributed by atoms with Crippen molar-refractivity contribution >= 4 is 23.7 Å². The molecule has 0 saturated heterocycles. The van der Waals surface area contributed by atoms with Gasteiger partial charge in [-0.25, -0.2) is 9.78 Å². The van der Waals surface area contributed by atoms with E-state index in [1.165, 1.54) is 19.4 Å². The van der Waals surface area contributed by atoms with E-state index in [0.29, 0.717) is 5.69 Å². The highest BCUT2D eigenvalue weighted by Gasteiger charge is 2.32. The van der Waals surface area contributed by atoms with Gasteiger partial charge < -0.3 is 36.9 Å². The number of rotatable bonds is 13. The number of nitrogens with one attached hydrogen (secondary N) is 4. The number of aliphatic hydroxyl groups is 1. The standard InChI is InChI=1S/C24H34N6O6/c1-13(2)19(25)23(34)29-17(9-15-7-5-4-6-8-15)21(32)28-18(10-16-11-26-12-27-16)22(33)30-20(14(3)31)24(35)36/h4-8,11-14,17-20,31H,9-10,25H2,1-3H3,(H,26,27)(H,28,32)(H,29,34)(H,30,33)(H,35,36). The van der Waals surface area contributed by atoms with Crippen LogP contribution in [0.3, 0.4) is 0 Å². The third-order valence-electron chi connectivity index (χ3n) is 5.59. The molecule has 5 unspecified atom stereocenters. The van der Waals surface area contributed by atoms with Gasteiger partial charge in [-0.2, -0.15) is 0 Å². The van der Waals surface area contributed by atoms with Crippen molar-refractivity contribution in [2.24, 2.45) is 11.7 Å². The molecule has 5 atom stereocenters. The summed E-state index contributed by atoms with van der Waals surface area (Å²) in [6.45, 7) is 4.79. The van der Waals surface area contributed by atoms with E-state index in [1.807, 2.05) is 6.07 Å². The van der Waals surface area contributed by atoms with Gasteiger partial charge in [-0.3, -0.25) is 14.4 Å². The average Bonchev–Trinajstić information content (AvgIpc) is 3.34. The molecule has 8 N–H and O–H groups in total. The quantitative estimate of drug-likeness (QED) is 0.183. The highest BCUT2D eigenvalue weighted by atomic mass is 16.4. The van der Waals surface area contributed by atoms with Crippen LogP contribution in [0.5, 0.6) is 0 Å². The van der Waals surface area contributed by atoms with E-state index in [1.54, 1.807) is 38.1 Å². The Hall–Kier alpha value is -3.77. The molecule has 12 heteroatoms. The van der Waals surface area contributed by atoms with Crippen molar-refractivity contribution in [3.63, 3.8) is 0 Å². The molecule has 36 heavy (non-hydrogen) atoms. The molecule has 0 aliphatic rings. The number of aliphatic carboxylic acids is 1. The Kier molecular flexibility index (Phi) is 10.6. The number of carboxylic acid groups (broad SMARTS) is 1. The first-order valence-corrected chi connectivity index (χ1v) is 11.6. The van der Waals surface area contributed by atoms with Crippen LogP contribution in [0.25, 0.3) is 0 Å². The van der Waals surface area contributed by atoms with Crippen LogP contribution in [-0.4, -0.2) is 74.1 Å². The minimum atomic E-state index is -1.58. The molecular weight excluding hydrogens is 468 g/mol. The molecule has 1 heterocycles. The molecule has 2 aromatic rings. The lowest BCUT2D eigenvalue weighted by Gasteiger charge is -2.26. The third-order valence-corrected chi connectivity index (χ3v) is 5.59. The minimum Gasteiger partial charge on any atom is -0.480 e.